The number of aromatic nitrogens is 2. The van der Waals surface area contributed by atoms with Gasteiger partial charge in [0.05, 0.1) is 0 Å². The van der Waals surface area contributed by atoms with Crippen LogP contribution < -0.4 is 10.1 Å². The molecule has 0 fully saturated rings. The van der Waals surface area contributed by atoms with E-state index in [2.05, 4.69) is 23.4 Å². The van der Waals surface area contributed by atoms with E-state index in [1.54, 1.807) is 30.1 Å². The summed E-state index contributed by atoms with van der Waals surface area (Å²) in [6, 6.07) is 15.3. The number of carbonyl (C=O) groups is 1. The van der Waals surface area contributed by atoms with E-state index in [0.29, 0.717) is 18.0 Å². The molecule has 0 aliphatic heterocycles. The van der Waals surface area contributed by atoms with Crippen molar-refractivity contribution in [1.29, 1.82) is 0 Å². The van der Waals surface area contributed by atoms with Gasteiger partial charge in [-0.3, -0.25) is 9.48 Å². The monoisotopic (exact) mass is 335 g/mol. The molecule has 2 aromatic carbocycles. The summed E-state index contributed by atoms with van der Waals surface area (Å²) in [5, 5.41) is 6.94. The highest BCUT2D eigenvalue weighted by Gasteiger charge is 2.09. The van der Waals surface area contributed by atoms with Crippen molar-refractivity contribution in [3.05, 3.63) is 77.0 Å². The Morgan fingerprint density at radius 3 is 2.72 bits per heavy atom. The quantitative estimate of drug-likeness (QED) is 0.770. The van der Waals surface area contributed by atoms with E-state index in [1.807, 2.05) is 37.3 Å². The minimum atomic E-state index is -0.188. The van der Waals surface area contributed by atoms with Gasteiger partial charge in [-0.2, -0.15) is 5.10 Å². The molecule has 0 bridgehead atoms. The number of ether oxygens (including phenoxy) is 1. The number of nitrogens with zero attached hydrogens (tertiary/aromatic N) is 2. The number of anilines is 1. The average Bonchev–Trinajstić information content (AvgIpc) is 2.99. The maximum Gasteiger partial charge on any atom is 0.256 e. The Balaban J connectivity index is 1.67. The van der Waals surface area contributed by atoms with Crippen molar-refractivity contribution in [2.24, 2.45) is 7.05 Å². The van der Waals surface area contributed by atoms with Crippen LogP contribution in [0.1, 0.15) is 27.0 Å². The van der Waals surface area contributed by atoms with Gasteiger partial charge in [-0.05, 0) is 43.2 Å². The summed E-state index contributed by atoms with van der Waals surface area (Å²) in [6.07, 6.45) is 1.78. The van der Waals surface area contributed by atoms with Gasteiger partial charge >= 0.3 is 0 Å². The normalized spacial score (nSPS) is 10.5. The molecule has 1 amide bonds. The second-order valence-electron chi connectivity index (χ2n) is 6.09. The van der Waals surface area contributed by atoms with Crippen LogP contribution in [-0.2, 0) is 13.7 Å². The van der Waals surface area contributed by atoms with Gasteiger partial charge in [0.25, 0.3) is 5.91 Å². The number of rotatable bonds is 5. The number of hydrogen-bond acceptors (Lipinski definition) is 3. The van der Waals surface area contributed by atoms with Crippen molar-refractivity contribution in [3.8, 4) is 5.75 Å². The largest absolute Gasteiger partial charge is 0.489 e. The van der Waals surface area contributed by atoms with E-state index in [4.69, 9.17) is 4.74 Å². The fourth-order valence-corrected chi connectivity index (χ4v) is 2.59. The Morgan fingerprint density at radius 1 is 1.16 bits per heavy atom. The van der Waals surface area contributed by atoms with E-state index in [1.165, 1.54) is 5.56 Å². The third-order valence-electron chi connectivity index (χ3n) is 3.87. The summed E-state index contributed by atoms with van der Waals surface area (Å²) < 4.78 is 7.53. The molecule has 25 heavy (non-hydrogen) atoms. The second kappa shape index (κ2) is 7.21. The maximum absolute atomic E-state index is 12.3. The molecule has 1 heterocycles. The zero-order chi connectivity index (χ0) is 17.8. The fourth-order valence-electron chi connectivity index (χ4n) is 2.59. The highest BCUT2D eigenvalue weighted by Crippen LogP contribution is 2.20. The van der Waals surface area contributed by atoms with E-state index in [9.17, 15) is 4.79 Å². The third-order valence-corrected chi connectivity index (χ3v) is 3.87. The second-order valence-corrected chi connectivity index (χ2v) is 6.09. The Labute approximate surface area is 147 Å². The van der Waals surface area contributed by atoms with Crippen LogP contribution in [0, 0.1) is 13.8 Å². The Bertz CT molecular complexity index is 899. The van der Waals surface area contributed by atoms with Gasteiger partial charge in [-0.1, -0.05) is 29.8 Å². The van der Waals surface area contributed by atoms with Gasteiger partial charge in [-0.15, -0.1) is 0 Å². The summed E-state index contributed by atoms with van der Waals surface area (Å²) in [7, 11) is 1.81. The Morgan fingerprint density at radius 2 is 2.00 bits per heavy atom. The van der Waals surface area contributed by atoms with Crippen LogP contribution in [0.2, 0.25) is 0 Å². The lowest BCUT2D eigenvalue weighted by Gasteiger charge is -2.10. The topological polar surface area (TPSA) is 56.1 Å². The maximum atomic E-state index is 12.3. The zero-order valence-electron chi connectivity index (χ0n) is 14.6. The summed E-state index contributed by atoms with van der Waals surface area (Å²) in [5.41, 5.74) is 3.82. The molecular formula is C20H21N3O2. The van der Waals surface area contributed by atoms with Crippen LogP contribution in [0.3, 0.4) is 0 Å². The number of benzene rings is 2. The average molecular weight is 335 g/mol. The molecule has 0 saturated heterocycles. The van der Waals surface area contributed by atoms with Crippen molar-refractivity contribution in [2.45, 2.75) is 20.5 Å². The lowest BCUT2D eigenvalue weighted by atomic mass is 10.1. The number of amides is 1. The van der Waals surface area contributed by atoms with Crippen molar-refractivity contribution in [3.63, 3.8) is 0 Å². The number of nitrogens with one attached hydrogen (secondary N) is 1. The Kier molecular flexibility index (Phi) is 4.84. The third kappa shape index (κ3) is 4.26. The van der Waals surface area contributed by atoms with E-state index < -0.39 is 0 Å². The first kappa shape index (κ1) is 16.8. The van der Waals surface area contributed by atoms with Crippen LogP contribution >= 0.6 is 0 Å². The minimum Gasteiger partial charge on any atom is -0.489 e. The molecule has 0 atom stereocenters. The van der Waals surface area contributed by atoms with Gasteiger partial charge in [0, 0.05) is 24.9 Å². The molecule has 5 nitrogen and oxygen atoms in total. The molecule has 0 unspecified atom stereocenters. The number of carbonyl (C=O) groups excluding carboxylic acids is 1. The molecule has 1 N–H and O–H groups in total. The zero-order valence-corrected chi connectivity index (χ0v) is 14.6. The highest BCUT2D eigenvalue weighted by molar-refractivity contribution is 6.03. The van der Waals surface area contributed by atoms with Crippen LogP contribution in [-0.4, -0.2) is 15.7 Å². The highest BCUT2D eigenvalue weighted by atomic mass is 16.5. The summed E-state index contributed by atoms with van der Waals surface area (Å²) in [4.78, 5) is 12.3. The SMILES string of the molecule is Cc1ccc(OCc2cccc(C(=O)Nc3ccn(C)n3)c2)c(C)c1. The van der Waals surface area contributed by atoms with Crippen LogP contribution in [0.15, 0.2) is 54.7 Å². The minimum absolute atomic E-state index is 0.188. The van der Waals surface area contributed by atoms with Gasteiger partial charge < -0.3 is 10.1 Å². The molecule has 128 valence electrons. The molecule has 0 radical (unpaired) electrons. The van der Waals surface area contributed by atoms with Gasteiger partial charge in [0.1, 0.15) is 12.4 Å². The standard InChI is InChI=1S/C20H21N3O2/c1-14-7-8-18(15(2)11-14)25-13-16-5-4-6-17(12-16)20(24)21-19-9-10-23(3)22-19/h4-12H,13H2,1-3H3,(H,21,22,24). The van der Waals surface area contributed by atoms with Crippen molar-refractivity contribution in [1.82, 2.24) is 9.78 Å². The fraction of sp³-hybridized carbons (Fsp3) is 0.200. The first-order valence-corrected chi connectivity index (χ1v) is 8.11. The predicted molar refractivity (Wildman–Crippen MR) is 97.9 cm³/mol. The molecule has 5 heteroatoms. The molecule has 0 spiro atoms. The van der Waals surface area contributed by atoms with Crippen LogP contribution in [0.5, 0.6) is 5.75 Å². The first-order chi connectivity index (χ1) is 12.0. The summed E-state index contributed by atoms with van der Waals surface area (Å²) in [5.74, 6) is 1.20. The molecule has 0 saturated carbocycles. The van der Waals surface area contributed by atoms with Crippen molar-refractivity contribution in [2.75, 3.05) is 5.32 Å². The van der Waals surface area contributed by atoms with Gasteiger partial charge in [0.15, 0.2) is 5.82 Å². The van der Waals surface area contributed by atoms with E-state index in [-0.39, 0.29) is 5.91 Å². The molecule has 0 aliphatic carbocycles. The lowest BCUT2D eigenvalue weighted by Crippen LogP contribution is -2.13. The van der Waals surface area contributed by atoms with Crippen molar-refractivity contribution >= 4 is 11.7 Å². The lowest BCUT2D eigenvalue weighted by molar-refractivity contribution is 0.102. The number of hydrogen-bond donors (Lipinski definition) is 1. The van der Waals surface area contributed by atoms with Crippen LogP contribution in [0.4, 0.5) is 5.82 Å². The van der Waals surface area contributed by atoms with Gasteiger partial charge in [-0.25, -0.2) is 0 Å². The molecule has 3 aromatic rings. The summed E-state index contributed by atoms with van der Waals surface area (Å²) >= 11 is 0. The van der Waals surface area contributed by atoms with E-state index >= 15 is 0 Å². The molecule has 1 aromatic heterocycles. The predicted octanol–water partition coefficient (Wildman–Crippen LogP) is 3.87. The van der Waals surface area contributed by atoms with Gasteiger partial charge in [0.2, 0.25) is 0 Å². The molecular weight excluding hydrogens is 314 g/mol. The van der Waals surface area contributed by atoms with Crippen LogP contribution in [0.25, 0.3) is 0 Å². The molecule has 0 aliphatic rings. The smallest absolute Gasteiger partial charge is 0.256 e. The number of aryl methyl sites for hydroxylation is 3. The Hall–Kier alpha value is -3.08. The molecule has 3 rings (SSSR count). The van der Waals surface area contributed by atoms with E-state index in [0.717, 1.165) is 16.9 Å². The van der Waals surface area contributed by atoms with Crippen molar-refractivity contribution < 1.29 is 9.53 Å². The summed E-state index contributed by atoms with van der Waals surface area (Å²) in [6.45, 7) is 4.49. The first-order valence-electron chi connectivity index (χ1n) is 8.11.